The molecule has 0 aliphatic carbocycles. The van der Waals surface area contributed by atoms with Crippen LogP contribution in [-0.2, 0) is 19.4 Å². The smallest absolute Gasteiger partial charge is 0.440 e. The first kappa shape index (κ1) is 33.2. The predicted molar refractivity (Wildman–Crippen MR) is 62.3 cm³/mol. The van der Waals surface area contributed by atoms with Gasteiger partial charge in [-0.25, -0.2) is 13.2 Å². The van der Waals surface area contributed by atoms with Gasteiger partial charge in [-0.3, -0.25) is 0 Å². The summed E-state index contributed by atoms with van der Waals surface area (Å²) in [6, 6.07) is 0. The minimum atomic E-state index is -7.11. The molecule has 1 heterocycles. The maximum atomic E-state index is 12.6. The fraction of sp³-hybridized carbons (Fsp3) is 0.818. The van der Waals surface area contributed by atoms with Gasteiger partial charge in [-0.15, -0.1) is 9.88 Å². The van der Waals surface area contributed by atoms with Gasteiger partial charge in [-0.2, -0.15) is 57.1 Å². The lowest BCUT2D eigenvalue weighted by Gasteiger charge is -2.32. The molecule has 0 bridgehead atoms. The molecule has 0 radical (unpaired) electrons. The van der Waals surface area contributed by atoms with Crippen molar-refractivity contribution in [3.8, 4) is 0 Å². The standard InChI is InChI=1S/C5H4F4O2.C4F10O.C2H2F4O/c6-1-5(9)2-10-4(11-5)3(7)8;5-1(2(6,7)8,3(9,10)11)4(12,13)15-14;3-1-2(4,5)7-6/h1-2H2;;1H2. The molecule has 0 spiro atoms. The Bertz CT molecular complexity index is 606. The van der Waals surface area contributed by atoms with Crippen LogP contribution in [0.15, 0.2) is 12.0 Å². The first-order valence-corrected chi connectivity index (χ1v) is 6.86. The van der Waals surface area contributed by atoms with Crippen molar-refractivity contribution in [3.63, 3.8) is 0 Å². The van der Waals surface area contributed by atoms with Crippen LogP contribution in [0, 0.1) is 0 Å². The van der Waals surface area contributed by atoms with Gasteiger partial charge in [0.25, 0.3) is 0 Å². The van der Waals surface area contributed by atoms with E-state index in [1.165, 1.54) is 0 Å². The van der Waals surface area contributed by atoms with E-state index in [4.69, 9.17) is 0 Å². The van der Waals surface area contributed by atoms with Crippen LogP contribution >= 0.6 is 0 Å². The van der Waals surface area contributed by atoms with E-state index < -0.39 is 68.1 Å². The molecule has 33 heavy (non-hydrogen) atoms. The van der Waals surface area contributed by atoms with E-state index in [0.717, 1.165) is 4.94 Å². The van der Waals surface area contributed by atoms with E-state index in [-0.39, 0.29) is 0 Å². The van der Waals surface area contributed by atoms with Gasteiger partial charge in [-0.05, 0) is 9.05 Å². The molecular weight excluding hydrogens is 538 g/mol. The van der Waals surface area contributed by atoms with Crippen LogP contribution in [0.3, 0.4) is 0 Å². The Labute approximate surface area is 168 Å². The van der Waals surface area contributed by atoms with Crippen molar-refractivity contribution in [1.82, 2.24) is 0 Å². The molecule has 1 atom stereocenters. The Morgan fingerprint density at radius 1 is 0.818 bits per heavy atom. The molecule has 0 aromatic heterocycles. The third kappa shape index (κ3) is 8.70. The van der Waals surface area contributed by atoms with Crippen LogP contribution in [0.1, 0.15) is 0 Å². The molecule has 0 aromatic rings. The molecule has 200 valence electrons. The van der Waals surface area contributed by atoms with Gasteiger partial charge >= 0.3 is 48.1 Å². The van der Waals surface area contributed by atoms with E-state index in [2.05, 4.69) is 9.47 Å². The monoisotopic (exact) mass is 544 g/mol. The molecule has 0 N–H and O–H groups in total. The first-order chi connectivity index (χ1) is 14.5. The highest BCUT2D eigenvalue weighted by atomic mass is 19.4. The molecule has 1 saturated heterocycles. The zero-order valence-electron chi connectivity index (χ0n) is 14.6. The Kier molecular flexibility index (Phi) is 11.5. The Hall–Kier alpha value is -2.00. The molecule has 1 rings (SSSR count). The molecular formula is C11H6F18O4. The van der Waals surface area contributed by atoms with E-state index in [0.29, 0.717) is 0 Å². The van der Waals surface area contributed by atoms with Crippen molar-refractivity contribution in [1.29, 1.82) is 0 Å². The molecule has 1 aliphatic rings. The van der Waals surface area contributed by atoms with E-state index >= 15 is 0 Å². The summed E-state index contributed by atoms with van der Waals surface area (Å²) in [6.45, 7) is -4.48. The fourth-order valence-electron chi connectivity index (χ4n) is 1.12. The van der Waals surface area contributed by atoms with Crippen LogP contribution in [0.4, 0.5) is 79.3 Å². The number of ether oxygens (including phenoxy) is 2. The number of hydrogen-bond acceptors (Lipinski definition) is 4. The van der Waals surface area contributed by atoms with E-state index in [1.807, 2.05) is 4.94 Å². The third-order valence-corrected chi connectivity index (χ3v) is 2.60. The highest BCUT2D eigenvalue weighted by Gasteiger charge is 2.86. The normalized spacial score (nSPS) is 19.5. The van der Waals surface area contributed by atoms with Crippen molar-refractivity contribution < 1.29 is 98.7 Å². The van der Waals surface area contributed by atoms with Crippen molar-refractivity contribution in [2.24, 2.45) is 0 Å². The molecule has 0 saturated carbocycles. The topological polar surface area (TPSA) is 36.9 Å². The Morgan fingerprint density at radius 3 is 1.36 bits per heavy atom. The molecule has 0 amide bonds. The van der Waals surface area contributed by atoms with Gasteiger partial charge in [0.2, 0.25) is 0 Å². The summed E-state index contributed by atoms with van der Waals surface area (Å²) in [5.41, 5.74) is -7.11. The second-order valence-electron chi connectivity index (χ2n) is 5.05. The van der Waals surface area contributed by atoms with Gasteiger partial charge in [0, 0.05) is 0 Å². The van der Waals surface area contributed by atoms with Crippen LogP contribution in [-0.4, -0.2) is 56.0 Å². The van der Waals surface area contributed by atoms with Crippen LogP contribution in [0.5, 0.6) is 0 Å². The summed E-state index contributed by atoms with van der Waals surface area (Å²) in [5, 5.41) is 0. The average Bonchev–Trinajstić information content (AvgIpc) is 3.09. The lowest BCUT2D eigenvalue weighted by Crippen LogP contribution is -2.64. The zero-order valence-corrected chi connectivity index (χ0v) is 14.6. The second-order valence-corrected chi connectivity index (χ2v) is 5.05. The quantitative estimate of drug-likeness (QED) is 0.371. The van der Waals surface area contributed by atoms with Crippen LogP contribution in [0.25, 0.3) is 0 Å². The maximum absolute atomic E-state index is 12.6. The minimum Gasteiger partial charge on any atom is -0.454 e. The highest BCUT2D eigenvalue weighted by molar-refractivity contribution is 5.01. The van der Waals surface area contributed by atoms with Gasteiger partial charge in [0.05, 0.1) is 0 Å². The average molecular weight is 544 g/mol. The summed E-state index contributed by atoms with van der Waals surface area (Å²) in [6.07, 6.45) is -27.4. The molecule has 0 aromatic carbocycles. The Morgan fingerprint density at radius 2 is 1.24 bits per heavy atom. The number of hydrogen-bond donors (Lipinski definition) is 0. The van der Waals surface area contributed by atoms with Crippen molar-refractivity contribution in [3.05, 3.63) is 12.0 Å². The SMILES string of the molecule is FCC(F)(F)OF.FCC1(F)COC(=C(F)F)O1.FOC(F)(F)C(F)(C(F)(F)F)C(F)(F)F. The Balaban J connectivity index is 0. The van der Waals surface area contributed by atoms with Gasteiger partial charge in [0.15, 0.2) is 20.0 Å². The highest BCUT2D eigenvalue weighted by Crippen LogP contribution is 2.54. The predicted octanol–water partition coefficient (Wildman–Crippen LogP) is 6.50. The number of alkyl halides is 14. The fourth-order valence-corrected chi connectivity index (χ4v) is 1.12. The number of rotatable bonds is 5. The molecule has 1 aliphatic heterocycles. The van der Waals surface area contributed by atoms with Crippen LogP contribution in [0.2, 0.25) is 0 Å². The van der Waals surface area contributed by atoms with Crippen molar-refractivity contribution >= 4 is 0 Å². The zero-order chi connectivity index (χ0) is 27.1. The van der Waals surface area contributed by atoms with Gasteiger partial charge < -0.3 is 9.47 Å². The first-order valence-electron chi connectivity index (χ1n) is 6.86. The lowest BCUT2D eigenvalue weighted by atomic mass is 10.0. The van der Waals surface area contributed by atoms with E-state index in [1.54, 1.807) is 0 Å². The van der Waals surface area contributed by atoms with Gasteiger partial charge in [-0.1, -0.05) is 0 Å². The summed E-state index contributed by atoms with van der Waals surface area (Å²) in [5.74, 6) is -3.97. The summed E-state index contributed by atoms with van der Waals surface area (Å²) >= 11 is 0. The molecule has 1 fully saturated rings. The van der Waals surface area contributed by atoms with Crippen LogP contribution < -0.4 is 0 Å². The third-order valence-electron chi connectivity index (χ3n) is 2.60. The van der Waals surface area contributed by atoms with Crippen molar-refractivity contribution in [2.75, 3.05) is 20.0 Å². The summed E-state index contributed by atoms with van der Waals surface area (Å²) in [7, 11) is 0. The number of halogens is 18. The maximum Gasteiger partial charge on any atom is 0.440 e. The summed E-state index contributed by atoms with van der Waals surface area (Å²) in [4.78, 5) is 2.99. The second kappa shape index (κ2) is 11.4. The molecule has 1 unspecified atom stereocenters. The summed E-state index contributed by atoms with van der Waals surface area (Å²) < 4.78 is 213. The van der Waals surface area contributed by atoms with Crippen molar-refractivity contribution in [2.45, 2.75) is 36.1 Å². The van der Waals surface area contributed by atoms with E-state index in [9.17, 15) is 79.3 Å². The lowest BCUT2D eigenvalue weighted by molar-refractivity contribution is -0.486. The molecule has 22 heteroatoms. The largest absolute Gasteiger partial charge is 0.454 e. The molecule has 4 nitrogen and oxygen atoms in total. The van der Waals surface area contributed by atoms with Gasteiger partial charge in [0.1, 0.15) is 0 Å². The minimum absolute atomic E-state index is 0.837.